The number of nitrogens with zero attached hydrogens (tertiary/aromatic N) is 3. The molecule has 164 valence electrons. The number of fused-ring (bicyclic) bond motifs is 1. The molecule has 0 atom stereocenters. The van der Waals surface area contributed by atoms with E-state index in [4.69, 9.17) is 9.72 Å². The number of hydrogen-bond acceptors (Lipinski definition) is 4. The SMILES string of the molecule is CCc1ccc(OCCCn2c(CCNC(=O)c3ccccn3)nc3ccccc32)cc1. The largest absolute Gasteiger partial charge is 0.494 e. The van der Waals surface area contributed by atoms with E-state index in [9.17, 15) is 4.79 Å². The second-order valence-electron chi connectivity index (χ2n) is 7.59. The minimum absolute atomic E-state index is 0.171. The Morgan fingerprint density at radius 3 is 2.62 bits per heavy atom. The van der Waals surface area contributed by atoms with Crippen molar-refractivity contribution in [2.75, 3.05) is 13.2 Å². The van der Waals surface area contributed by atoms with Gasteiger partial charge in [-0.1, -0.05) is 37.3 Å². The molecular formula is C26H28N4O2. The number of rotatable bonds is 10. The summed E-state index contributed by atoms with van der Waals surface area (Å²) < 4.78 is 8.15. The van der Waals surface area contributed by atoms with E-state index in [1.54, 1.807) is 18.3 Å². The highest BCUT2D eigenvalue weighted by molar-refractivity contribution is 5.92. The topological polar surface area (TPSA) is 69.0 Å². The maximum atomic E-state index is 12.3. The van der Waals surface area contributed by atoms with E-state index in [-0.39, 0.29) is 5.91 Å². The van der Waals surface area contributed by atoms with E-state index in [0.717, 1.165) is 42.0 Å². The van der Waals surface area contributed by atoms with Gasteiger partial charge in [0.25, 0.3) is 5.91 Å². The van der Waals surface area contributed by atoms with Gasteiger partial charge in [-0.2, -0.15) is 0 Å². The summed E-state index contributed by atoms with van der Waals surface area (Å²) >= 11 is 0. The molecular weight excluding hydrogens is 400 g/mol. The Balaban J connectivity index is 1.36. The van der Waals surface area contributed by atoms with Gasteiger partial charge >= 0.3 is 0 Å². The Kier molecular flexibility index (Phi) is 7.12. The maximum absolute atomic E-state index is 12.3. The molecule has 32 heavy (non-hydrogen) atoms. The summed E-state index contributed by atoms with van der Waals surface area (Å²) in [5.74, 6) is 1.69. The zero-order chi connectivity index (χ0) is 22.2. The fourth-order valence-corrected chi connectivity index (χ4v) is 3.68. The van der Waals surface area contributed by atoms with Crippen LogP contribution in [0.15, 0.2) is 72.9 Å². The second-order valence-corrected chi connectivity index (χ2v) is 7.59. The lowest BCUT2D eigenvalue weighted by Gasteiger charge is -2.11. The van der Waals surface area contributed by atoms with E-state index in [0.29, 0.717) is 25.3 Å². The van der Waals surface area contributed by atoms with Gasteiger partial charge in [0.2, 0.25) is 0 Å². The molecule has 0 unspecified atom stereocenters. The van der Waals surface area contributed by atoms with E-state index in [1.165, 1.54) is 5.56 Å². The van der Waals surface area contributed by atoms with Crippen LogP contribution in [0, 0.1) is 0 Å². The van der Waals surface area contributed by atoms with Crippen LogP contribution in [0.2, 0.25) is 0 Å². The van der Waals surface area contributed by atoms with Gasteiger partial charge in [-0.3, -0.25) is 9.78 Å². The molecule has 2 aromatic heterocycles. The Labute approximate surface area is 188 Å². The van der Waals surface area contributed by atoms with Crippen molar-refractivity contribution in [3.8, 4) is 5.75 Å². The third kappa shape index (κ3) is 5.32. The molecule has 1 amide bonds. The van der Waals surface area contributed by atoms with E-state index in [1.807, 2.05) is 36.4 Å². The first-order chi connectivity index (χ1) is 15.7. The molecule has 0 bridgehead atoms. The number of imidazole rings is 1. The predicted octanol–water partition coefficient (Wildman–Crippen LogP) is 4.44. The number of aryl methyl sites for hydroxylation is 2. The fraction of sp³-hybridized carbons (Fsp3) is 0.269. The second kappa shape index (κ2) is 10.6. The van der Waals surface area contributed by atoms with Crippen molar-refractivity contribution < 1.29 is 9.53 Å². The summed E-state index contributed by atoms with van der Waals surface area (Å²) in [5, 5.41) is 2.94. The van der Waals surface area contributed by atoms with Crippen molar-refractivity contribution in [2.45, 2.75) is 32.7 Å². The van der Waals surface area contributed by atoms with E-state index < -0.39 is 0 Å². The molecule has 4 rings (SSSR count). The van der Waals surface area contributed by atoms with Crippen LogP contribution in [-0.2, 0) is 19.4 Å². The molecule has 0 aliphatic carbocycles. The molecule has 0 aliphatic heterocycles. The number of ether oxygens (including phenoxy) is 1. The number of benzene rings is 2. The Morgan fingerprint density at radius 2 is 1.84 bits per heavy atom. The monoisotopic (exact) mass is 428 g/mol. The number of pyridine rings is 1. The third-order valence-corrected chi connectivity index (χ3v) is 5.39. The van der Waals surface area contributed by atoms with Crippen LogP contribution >= 0.6 is 0 Å². The molecule has 4 aromatic rings. The summed E-state index contributed by atoms with van der Waals surface area (Å²) in [4.78, 5) is 21.1. The molecule has 2 heterocycles. The standard InChI is InChI=1S/C26H28N4O2/c1-2-20-11-13-21(14-12-20)32-19-7-18-30-24-10-4-3-8-22(24)29-25(30)15-17-28-26(31)23-9-5-6-16-27-23/h3-6,8-14,16H,2,7,15,17-19H2,1H3,(H,28,31). The summed E-state index contributed by atoms with van der Waals surface area (Å²) in [6, 6.07) is 21.7. The van der Waals surface area contributed by atoms with Gasteiger partial charge in [0.05, 0.1) is 17.6 Å². The number of carbonyl (C=O) groups excluding carboxylic acids is 1. The van der Waals surface area contributed by atoms with E-state index >= 15 is 0 Å². The van der Waals surface area contributed by atoms with Gasteiger partial charge in [0.15, 0.2) is 0 Å². The van der Waals surface area contributed by atoms with Crippen LogP contribution in [0.25, 0.3) is 11.0 Å². The zero-order valence-electron chi connectivity index (χ0n) is 18.3. The maximum Gasteiger partial charge on any atom is 0.269 e. The summed E-state index contributed by atoms with van der Waals surface area (Å²) in [7, 11) is 0. The highest BCUT2D eigenvalue weighted by Gasteiger charge is 2.12. The molecule has 0 saturated carbocycles. The smallest absolute Gasteiger partial charge is 0.269 e. The van der Waals surface area contributed by atoms with Gasteiger partial charge in [-0.05, 0) is 54.8 Å². The van der Waals surface area contributed by atoms with E-state index in [2.05, 4.69) is 40.0 Å². The minimum atomic E-state index is -0.171. The minimum Gasteiger partial charge on any atom is -0.494 e. The summed E-state index contributed by atoms with van der Waals surface area (Å²) in [5.41, 5.74) is 3.80. The van der Waals surface area contributed by atoms with Gasteiger partial charge < -0.3 is 14.6 Å². The van der Waals surface area contributed by atoms with Crippen molar-refractivity contribution in [1.82, 2.24) is 19.9 Å². The van der Waals surface area contributed by atoms with Crippen molar-refractivity contribution in [1.29, 1.82) is 0 Å². The van der Waals surface area contributed by atoms with Crippen LogP contribution < -0.4 is 10.1 Å². The molecule has 2 aromatic carbocycles. The summed E-state index contributed by atoms with van der Waals surface area (Å²) in [6.45, 7) is 4.08. The van der Waals surface area contributed by atoms with Gasteiger partial charge in [0, 0.05) is 25.7 Å². The molecule has 0 spiro atoms. The lowest BCUT2D eigenvalue weighted by molar-refractivity contribution is 0.0949. The first-order valence-corrected chi connectivity index (χ1v) is 11.1. The van der Waals surface area contributed by atoms with Crippen LogP contribution in [0.4, 0.5) is 0 Å². The van der Waals surface area contributed by atoms with Crippen molar-refractivity contribution in [3.05, 3.63) is 90.0 Å². The average Bonchev–Trinajstić information content (AvgIpc) is 3.20. The lowest BCUT2D eigenvalue weighted by atomic mass is 10.2. The van der Waals surface area contributed by atoms with Gasteiger partial charge in [-0.15, -0.1) is 0 Å². The number of hydrogen-bond donors (Lipinski definition) is 1. The number of amides is 1. The highest BCUT2D eigenvalue weighted by atomic mass is 16.5. The van der Waals surface area contributed by atoms with Crippen LogP contribution in [0.1, 0.15) is 35.2 Å². The van der Waals surface area contributed by atoms with Crippen LogP contribution in [0.3, 0.4) is 0 Å². The summed E-state index contributed by atoms with van der Waals surface area (Å²) in [6.07, 6.45) is 4.16. The average molecular weight is 429 g/mol. The Morgan fingerprint density at radius 1 is 1.03 bits per heavy atom. The quantitative estimate of drug-likeness (QED) is 0.379. The molecule has 1 N–H and O–H groups in total. The number of nitrogens with one attached hydrogen (secondary N) is 1. The number of aromatic nitrogens is 3. The van der Waals surface area contributed by atoms with Gasteiger partial charge in [-0.25, -0.2) is 4.98 Å². The normalized spacial score (nSPS) is 10.9. The fourth-order valence-electron chi connectivity index (χ4n) is 3.68. The molecule has 0 aliphatic rings. The Hall–Kier alpha value is -3.67. The van der Waals surface area contributed by atoms with Crippen molar-refractivity contribution in [3.63, 3.8) is 0 Å². The predicted molar refractivity (Wildman–Crippen MR) is 126 cm³/mol. The molecule has 0 saturated heterocycles. The lowest BCUT2D eigenvalue weighted by Crippen LogP contribution is -2.27. The molecule has 0 fully saturated rings. The van der Waals surface area contributed by atoms with Crippen molar-refractivity contribution >= 4 is 16.9 Å². The molecule has 6 heteroatoms. The molecule has 0 radical (unpaired) electrons. The zero-order valence-corrected chi connectivity index (χ0v) is 18.3. The van der Waals surface area contributed by atoms with Crippen molar-refractivity contribution in [2.24, 2.45) is 0 Å². The molecule has 6 nitrogen and oxygen atoms in total. The highest BCUT2D eigenvalue weighted by Crippen LogP contribution is 2.18. The van der Waals surface area contributed by atoms with Crippen LogP contribution in [0.5, 0.6) is 5.75 Å². The first-order valence-electron chi connectivity index (χ1n) is 11.1. The number of para-hydroxylation sites is 2. The first kappa shape index (κ1) is 21.6. The van der Waals surface area contributed by atoms with Gasteiger partial charge in [0.1, 0.15) is 17.3 Å². The van der Waals surface area contributed by atoms with Crippen LogP contribution in [-0.4, -0.2) is 33.6 Å². The Bertz CT molecular complexity index is 1150. The third-order valence-electron chi connectivity index (χ3n) is 5.39. The number of carbonyl (C=O) groups is 1.